The van der Waals surface area contributed by atoms with Crippen LogP contribution in [-0.4, -0.2) is 27.9 Å². The Hall–Kier alpha value is 0.100. The highest BCUT2D eigenvalue weighted by Crippen LogP contribution is 2.41. The molecule has 16 heavy (non-hydrogen) atoms. The molecule has 0 N–H and O–H groups in total. The van der Waals surface area contributed by atoms with Gasteiger partial charge in [0, 0.05) is 22.1 Å². The summed E-state index contributed by atoms with van der Waals surface area (Å²) in [7, 11) is 0. The van der Waals surface area contributed by atoms with E-state index in [0.717, 1.165) is 12.3 Å². The van der Waals surface area contributed by atoms with Crippen LogP contribution in [0.15, 0.2) is 12.1 Å². The molecule has 88 valence electrons. The minimum atomic E-state index is -0.956. The standard InChI is InChI=1S/C10H11Cl2NOS2/c1-6-2-3-7(16-6)10-13(4-5-15-10)9(14)8(11)12/h2-3,8,10H,4-5H2,1H3. The highest BCUT2D eigenvalue weighted by atomic mass is 35.5. The zero-order valence-electron chi connectivity index (χ0n) is 8.65. The number of rotatable bonds is 2. The summed E-state index contributed by atoms with van der Waals surface area (Å²) in [6, 6.07) is 4.14. The van der Waals surface area contributed by atoms with Crippen LogP contribution in [0.2, 0.25) is 0 Å². The number of carbonyl (C=O) groups is 1. The maximum Gasteiger partial charge on any atom is 0.257 e. The van der Waals surface area contributed by atoms with Crippen LogP contribution in [0.4, 0.5) is 0 Å². The van der Waals surface area contributed by atoms with Crippen molar-refractivity contribution in [2.45, 2.75) is 17.1 Å². The molecule has 1 fully saturated rings. The van der Waals surface area contributed by atoms with E-state index in [9.17, 15) is 4.79 Å². The van der Waals surface area contributed by atoms with Gasteiger partial charge in [0.15, 0.2) is 4.84 Å². The van der Waals surface area contributed by atoms with E-state index in [1.54, 1.807) is 28.0 Å². The van der Waals surface area contributed by atoms with Crippen LogP contribution in [-0.2, 0) is 4.79 Å². The number of carbonyl (C=O) groups excluding carboxylic acids is 1. The first kappa shape index (κ1) is 12.6. The van der Waals surface area contributed by atoms with E-state index in [1.807, 2.05) is 0 Å². The minimum Gasteiger partial charge on any atom is -0.323 e. The van der Waals surface area contributed by atoms with Gasteiger partial charge in [-0.15, -0.1) is 23.1 Å². The normalized spacial score (nSPS) is 20.8. The molecular formula is C10H11Cl2NOS2. The smallest absolute Gasteiger partial charge is 0.257 e. The minimum absolute atomic E-state index is 0.0891. The fourth-order valence-corrected chi connectivity index (χ4v) is 4.27. The summed E-state index contributed by atoms with van der Waals surface area (Å²) in [6.07, 6.45) is 0. The van der Waals surface area contributed by atoms with Gasteiger partial charge in [0.05, 0.1) is 0 Å². The lowest BCUT2D eigenvalue weighted by atomic mass is 10.4. The third-order valence-electron chi connectivity index (χ3n) is 2.37. The lowest BCUT2D eigenvalue weighted by molar-refractivity contribution is -0.129. The van der Waals surface area contributed by atoms with Crippen LogP contribution >= 0.6 is 46.3 Å². The lowest BCUT2D eigenvalue weighted by Crippen LogP contribution is -2.33. The highest BCUT2D eigenvalue weighted by Gasteiger charge is 2.33. The number of thioether (sulfide) groups is 1. The Morgan fingerprint density at radius 1 is 1.56 bits per heavy atom. The fourth-order valence-electron chi connectivity index (χ4n) is 1.64. The van der Waals surface area contributed by atoms with Gasteiger partial charge >= 0.3 is 0 Å². The summed E-state index contributed by atoms with van der Waals surface area (Å²) >= 11 is 14.7. The molecule has 1 aromatic heterocycles. The Morgan fingerprint density at radius 2 is 2.31 bits per heavy atom. The van der Waals surface area contributed by atoms with E-state index >= 15 is 0 Å². The molecule has 2 nitrogen and oxygen atoms in total. The van der Waals surface area contributed by atoms with Gasteiger partial charge in [-0.3, -0.25) is 4.79 Å². The van der Waals surface area contributed by atoms with Crippen molar-refractivity contribution >= 4 is 52.2 Å². The summed E-state index contributed by atoms with van der Waals surface area (Å²) in [5.74, 6) is 0.748. The maximum atomic E-state index is 11.8. The van der Waals surface area contributed by atoms with Crippen molar-refractivity contribution in [3.05, 3.63) is 21.9 Å². The molecule has 1 saturated heterocycles. The quantitative estimate of drug-likeness (QED) is 0.779. The molecule has 1 atom stereocenters. The Morgan fingerprint density at radius 3 is 2.88 bits per heavy atom. The largest absolute Gasteiger partial charge is 0.323 e. The van der Waals surface area contributed by atoms with E-state index < -0.39 is 4.84 Å². The van der Waals surface area contributed by atoms with Crippen molar-refractivity contribution in [1.82, 2.24) is 4.90 Å². The number of nitrogens with zero attached hydrogens (tertiary/aromatic N) is 1. The highest BCUT2D eigenvalue weighted by molar-refractivity contribution is 7.99. The van der Waals surface area contributed by atoms with Crippen LogP contribution in [0, 0.1) is 6.92 Å². The summed E-state index contributed by atoms with van der Waals surface area (Å²) < 4.78 is 0. The summed E-state index contributed by atoms with van der Waals surface area (Å²) in [5, 5.41) is 0.0891. The van der Waals surface area contributed by atoms with Gasteiger partial charge in [0.1, 0.15) is 5.37 Å². The van der Waals surface area contributed by atoms with Crippen molar-refractivity contribution in [2.24, 2.45) is 0 Å². The molecule has 2 heterocycles. The second kappa shape index (κ2) is 5.17. The number of halogens is 2. The number of hydrogen-bond acceptors (Lipinski definition) is 3. The van der Waals surface area contributed by atoms with Crippen molar-refractivity contribution < 1.29 is 4.79 Å². The Kier molecular flexibility index (Phi) is 4.06. The first-order valence-corrected chi connectivity index (χ1v) is 7.60. The van der Waals surface area contributed by atoms with Gasteiger partial charge in [-0.1, -0.05) is 23.2 Å². The number of thiophene rings is 1. The van der Waals surface area contributed by atoms with Crippen molar-refractivity contribution in [3.8, 4) is 0 Å². The predicted octanol–water partition coefficient (Wildman–Crippen LogP) is 3.43. The first-order chi connectivity index (χ1) is 7.59. The van der Waals surface area contributed by atoms with Crippen LogP contribution in [0.3, 0.4) is 0 Å². The molecule has 1 aliphatic rings. The SMILES string of the molecule is Cc1ccc(C2SCCN2C(=O)C(Cl)Cl)s1. The molecule has 0 radical (unpaired) electrons. The van der Waals surface area contributed by atoms with Crippen molar-refractivity contribution in [3.63, 3.8) is 0 Å². The Balaban J connectivity index is 2.18. The monoisotopic (exact) mass is 295 g/mol. The number of amides is 1. The molecule has 0 saturated carbocycles. The molecule has 1 aliphatic heterocycles. The van der Waals surface area contributed by atoms with Gasteiger partial charge in [-0.25, -0.2) is 0 Å². The molecule has 1 unspecified atom stereocenters. The van der Waals surface area contributed by atoms with Crippen LogP contribution in [0.1, 0.15) is 15.1 Å². The zero-order chi connectivity index (χ0) is 11.7. The van der Waals surface area contributed by atoms with Crippen LogP contribution in [0.25, 0.3) is 0 Å². The Bertz CT molecular complexity index is 394. The van der Waals surface area contributed by atoms with Crippen LogP contribution < -0.4 is 0 Å². The second-order valence-corrected chi connectivity index (χ2v) is 7.11. The molecule has 2 rings (SSSR count). The van der Waals surface area contributed by atoms with Crippen LogP contribution in [0.5, 0.6) is 0 Å². The van der Waals surface area contributed by atoms with Gasteiger partial charge in [0.25, 0.3) is 5.91 Å². The van der Waals surface area contributed by atoms with Gasteiger partial charge in [-0.05, 0) is 19.1 Å². The molecule has 0 aromatic carbocycles. The zero-order valence-corrected chi connectivity index (χ0v) is 11.8. The van der Waals surface area contributed by atoms with E-state index in [4.69, 9.17) is 23.2 Å². The number of hydrogen-bond donors (Lipinski definition) is 0. The molecule has 0 bridgehead atoms. The fraction of sp³-hybridized carbons (Fsp3) is 0.500. The summed E-state index contributed by atoms with van der Waals surface area (Å²) in [5.41, 5.74) is 0. The molecule has 0 spiro atoms. The average Bonchev–Trinajstić information content (AvgIpc) is 2.83. The maximum absolute atomic E-state index is 11.8. The van der Waals surface area contributed by atoms with E-state index in [-0.39, 0.29) is 11.3 Å². The average molecular weight is 296 g/mol. The molecule has 1 aromatic rings. The van der Waals surface area contributed by atoms with E-state index in [2.05, 4.69) is 19.1 Å². The van der Waals surface area contributed by atoms with Gasteiger partial charge in [0.2, 0.25) is 0 Å². The molecule has 0 aliphatic carbocycles. The predicted molar refractivity (Wildman–Crippen MR) is 71.5 cm³/mol. The van der Waals surface area contributed by atoms with E-state index in [0.29, 0.717) is 0 Å². The Labute approximate surface area is 113 Å². The third-order valence-corrected chi connectivity index (χ3v) is 5.18. The lowest BCUT2D eigenvalue weighted by Gasteiger charge is -2.23. The van der Waals surface area contributed by atoms with Crippen molar-refractivity contribution in [2.75, 3.05) is 12.3 Å². The first-order valence-electron chi connectivity index (χ1n) is 4.86. The number of aryl methyl sites for hydroxylation is 1. The third kappa shape index (κ3) is 2.50. The molecule has 1 amide bonds. The van der Waals surface area contributed by atoms with Crippen molar-refractivity contribution in [1.29, 1.82) is 0 Å². The topological polar surface area (TPSA) is 20.3 Å². The van der Waals surface area contributed by atoms with Gasteiger partial charge in [-0.2, -0.15) is 0 Å². The van der Waals surface area contributed by atoms with Gasteiger partial charge < -0.3 is 4.90 Å². The molecular weight excluding hydrogens is 285 g/mol. The summed E-state index contributed by atoms with van der Waals surface area (Å²) in [4.78, 5) is 15.0. The molecule has 6 heteroatoms. The van der Waals surface area contributed by atoms with E-state index in [1.165, 1.54) is 9.75 Å². The number of alkyl halides is 2. The summed E-state index contributed by atoms with van der Waals surface area (Å²) in [6.45, 7) is 2.78. The second-order valence-electron chi connectivity index (χ2n) is 3.50.